The third-order valence-electron chi connectivity index (χ3n) is 3.17. The first-order valence-corrected chi connectivity index (χ1v) is 6.17. The monoisotopic (exact) mass is 228 g/mol. The lowest BCUT2D eigenvalue weighted by atomic mass is 9.84. The lowest BCUT2D eigenvalue weighted by Crippen LogP contribution is -2.36. The summed E-state index contributed by atoms with van der Waals surface area (Å²) in [6, 6.07) is 0. The third-order valence-corrected chi connectivity index (χ3v) is 3.17. The van der Waals surface area contributed by atoms with Crippen molar-refractivity contribution < 1.29 is 14.3 Å². The Labute approximate surface area is 98.6 Å². The predicted octanol–water partition coefficient (Wildman–Crippen LogP) is 3.12. The molecule has 0 saturated heterocycles. The maximum atomic E-state index is 11.7. The number of ether oxygens (including phenoxy) is 1. The molecule has 16 heavy (non-hydrogen) atoms. The highest BCUT2D eigenvalue weighted by Gasteiger charge is 2.37. The van der Waals surface area contributed by atoms with Gasteiger partial charge in [-0.1, -0.05) is 33.1 Å². The second kappa shape index (κ2) is 7.42. The number of unbranched alkanes of at least 4 members (excludes halogenated alkanes) is 3. The molecule has 0 bridgehead atoms. The fourth-order valence-electron chi connectivity index (χ4n) is 1.39. The van der Waals surface area contributed by atoms with Gasteiger partial charge < -0.3 is 4.74 Å². The second-order valence-corrected chi connectivity index (χ2v) is 4.44. The largest absolute Gasteiger partial charge is 0.465 e. The minimum Gasteiger partial charge on any atom is -0.465 e. The fraction of sp³-hybridized carbons (Fsp3) is 0.846. The topological polar surface area (TPSA) is 43.4 Å². The molecule has 0 saturated carbocycles. The van der Waals surface area contributed by atoms with Crippen molar-refractivity contribution in [1.29, 1.82) is 0 Å². The van der Waals surface area contributed by atoms with E-state index in [2.05, 4.69) is 6.92 Å². The molecule has 1 unspecified atom stereocenters. The number of esters is 1. The first-order chi connectivity index (χ1) is 7.49. The molecule has 0 amide bonds. The molecule has 0 N–H and O–H groups in total. The Bertz CT molecular complexity index is 235. The molecule has 0 aliphatic heterocycles. The molecule has 0 aliphatic rings. The summed E-state index contributed by atoms with van der Waals surface area (Å²) in [5.74, 6) is -0.493. The van der Waals surface area contributed by atoms with Gasteiger partial charge in [-0.2, -0.15) is 0 Å². The summed E-state index contributed by atoms with van der Waals surface area (Å²) < 4.78 is 5.15. The average Bonchev–Trinajstić information content (AvgIpc) is 2.27. The molecule has 3 heteroatoms. The van der Waals surface area contributed by atoms with Gasteiger partial charge in [-0.05, 0) is 26.7 Å². The van der Waals surface area contributed by atoms with Crippen LogP contribution in [-0.2, 0) is 14.3 Å². The van der Waals surface area contributed by atoms with Crippen LogP contribution in [0.1, 0.15) is 59.8 Å². The van der Waals surface area contributed by atoms with E-state index in [-0.39, 0.29) is 11.8 Å². The van der Waals surface area contributed by atoms with Crippen LogP contribution < -0.4 is 0 Å². The zero-order valence-electron chi connectivity index (χ0n) is 11.0. The number of hydrogen-bond donors (Lipinski definition) is 0. The van der Waals surface area contributed by atoms with Crippen LogP contribution in [-0.4, -0.2) is 18.4 Å². The summed E-state index contributed by atoms with van der Waals surface area (Å²) in [4.78, 5) is 23.1. The summed E-state index contributed by atoms with van der Waals surface area (Å²) in [5.41, 5.74) is -0.954. The van der Waals surface area contributed by atoms with Crippen LogP contribution in [0.15, 0.2) is 0 Å². The Morgan fingerprint density at radius 3 is 2.19 bits per heavy atom. The highest BCUT2D eigenvalue weighted by atomic mass is 16.5. The number of Topliss-reactive ketones (excluding diaryl/α,β-unsaturated/α-hetero) is 1. The normalized spacial score (nSPS) is 14.2. The second-order valence-electron chi connectivity index (χ2n) is 4.44. The van der Waals surface area contributed by atoms with E-state index in [0.717, 1.165) is 25.7 Å². The van der Waals surface area contributed by atoms with E-state index in [1.807, 2.05) is 6.92 Å². The van der Waals surface area contributed by atoms with Gasteiger partial charge in [0.1, 0.15) is 11.2 Å². The molecular weight excluding hydrogens is 204 g/mol. The summed E-state index contributed by atoms with van der Waals surface area (Å²) in [5, 5.41) is 0. The molecule has 0 spiro atoms. The Balaban J connectivity index is 3.99. The van der Waals surface area contributed by atoms with Crippen molar-refractivity contribution in [2.75, 3.05) is 6.61 Å². The van der Waals surface area contributed by atoms with Crippen molar-refractivity contribution >= 4 is 11.8 Å². The Morgan fingerprint density at radius 1 is 1.12 bits per heavy atom. The van der Waals surface area contributed by atoms with E-state index in [1.54, 1.807) is 6.92 Å². The van der Waals surface area contributed by atoms with E-state index in [9.17, 15) is 9.59 Å². The smallest absolute Gasteiger partial charge is 0.319 e. The summed E-state index contributed by atoms with van der Waals surface area (Å²) in [6.45, 7) is 7.50. The Kier molecular flexibility index (Phi) is 7.02. The maximum Gasteiger partial charge on any atom is 0.319 e. The lowest BCUT2D eigenvalue weighted by Gasteiger charge is -2.22. The molecular formula is C13H24O3. The molecule has 0 aromatic rings. The van der Waals surface area contributed by atoms with Gasteiger partial charge in [0.15, 0.2) is 0 Å². The molecule has 0 heterocycles. The van der Waals surface area contributed by atoms with Crippen molar-refractivity contribution in [3.05, 3.63) is 0 Å². The first kappa shape index (κ1) is 15.1. The van der Waals surface area contributed by atoms with Gasteiger partial charge >= 0.3 is 5.97 Å². The van der Waals surface area contributed by atoms with Crippen molar-refractivity contribution in [3.63, 3.8) is 0 Å². The minimum absolute atomic E-state index is 0.117. The molecule has 0 aromatic heterocycles. The minimum atomic E-state index is -0.954. The van der Waals surface area contributed by atoms with Crippen LogP contribution in [0.5, 0.6) is 0 Å². The average molecular weight is 228 g/mol. The highest BCUT2D eigenvalue weighted by molar-refractivity contribution is 6.02. The SMILES string of the molecule is CCCCCCOC(=O)C(C)(CC)C(C)=O. The summed E-state index contributed by atoms with van der Waals surface area (Å²) >= 11 is 0. The van der Waals surface area contributed by atoms with Gasteiger partial charge in [0.2, 0.25) is 0 Å². The molecule has 1 atom stereocenters. The van der Waals surface area contributed by atoms with Crippen LogP contribution in [0.4, 0.5) is 0 Å². The number of rotatable bonds is 8. The number of carbonyl (C=O) groups excluding carboxylic acids is 2. The molecule has 0 rings (SSSR count). The van der Waals surface area contributed by atoms with Crippen molar-refractivity contribution in [2.24, 2.45) is 5.41 Å². The standard InChI is InChI=1S/C13H24O3/c1-5-7-8-9-10-16-12(15)13(4,6-2)11(3)14/h5-10H2,1-4H3. The van der Waals surface area contributed by atoms with E-state index in [4.69, 9.17) is 4.74 Å². The van der Waals surface area contributed by atoms with Gasteiger partial charge in [-0.15, -0.1) is 0 Å². The van der Waals surface area contributed by atoms with Gasteiger partial charge in [0.05, 0.1) is 6.61 Å². The number of hydrogen-bond acceptors (Lipinski definition) is 3. The quantitative estimate of drug-likeness (QED) is 0.364. The van der Waals surface area contributed by atoms with Crippen LogP contribution in [0.25, 0.3) is 0 Å². The van der Waals surface area contributed by atoms with Gasteiger partial charge in [-0.3, -0.25) is 9.59 Å². The molecule has 0 aliphatic carbocycles. The zero-order chi connectivity index (χ0) is 12.6. The Hall–Kier alpha value is -0.860. The number of carbonyl (C=O) groups is 2. The van der Waals surface area contributed by atoms with E-state index in [1.165, 1.54) is 6.92 Å². The zero-order valence-corrected chi connectivity index (χ0v) is 11.0. The van der Waals surface area contributed by atoms with E-state index < -0.39 is 5.41 Å². The van der Waals surface area contributed by atoms with Gasteiger partial charge in [-0.25, -0.2) is 0 Å². The van der Waals surface area contributed by atoms with Crippen LogP contribution in [0.2, 0.25) is 0 Å². The third kappa shape index (κ3) is 4.33. The van der Waals surface area contributed by atoms with Crippen LogP contribution in [0, 0.1) is 5.41 Å². The molecule has 0 fully saturated rings. The van der Waals surface area contributed by atoms with E-state index in [0.29, 0.717) is 13.0 Å². The molecule has 0 aromatic carbocycles. The van der Waals surface area contributed by atoms with Crippen molar-refractivity contribution in [1.82, 2.24) is 0 Å². The van der Waals surface area contributed by atoms with Gasteiger partial charge in [0, 0.05) is 0 Å². The van der Waals surface area contributed by atoms with Crippen molar-refractivity contribution in [2.45, 2.75) is 59.8 Å². The first-order valence-electron chi connectivity index (χ1n) is 6.17. The maximum absolute atomic E-state index is 11.7. The summed E-state index contributed by atoms with van der Waals surface area (Å²) in [6.07, 6.45) is 4.78. The van der Waals surface area contributed by atoms with Gasteiger partial charge in [0.25, 0.3) is 0 Å². The van der Waals surface area contributed by atoms with E-state index >= 15 is 0 Å². The summed E-state index contributed by atoms with van der Waals surface area (Å²) in [7, 11) is 0. The van der Waals surface area contributed by atoms with Crippen molar-refractivity contribution in [3.8, 4) is 0 Å². The van der Waals surface area contributed by atoms with Crippen LogP contribution in [0.3, 0.4) is 0 Å². The number of ketones is 1. The molecule has 94 valence electrons. The van der Waals surface area contributed by atoms with Crippen LogP contribution >= 0.6 is 0 Å². The lowest BCUT2D eigenvalue weighted by molar-refractivity contribution is -0.159. The fourth-order valence-corrected chi connectivity index (χ4v) is 1.39. The Morgan fingerprint density at radius 2 is 1.75 bits per heavy atom. The highest BCUT2D eigenvalue weighted by Crippen LogP contribution is 2.24. The predicted molar refractivity (Wildman–Crippen MR) is 64.2 cm³/mol. The molecule has 3 nitrogen and oxygen atoms in total. The molecule has 0 radical (unpaired) electrons.